The zero-order valence-electron chi connectivity index (χ0n) is 12.1. The maximum atomic E-state index is 12.3. The molecule has 1 aliphatic rings. The number of aromatic nitrogens is 1. The van der Waals surface area contributed by atoms with Crippen LogP contribution in [-0.4, -0.2) is 28.6 Å². The molecule has 1 heterocycles. The first-order chi connectivity index (χ1) is 9.05. The zero-order chi connectivity index (χ0) is 15.2. The van der Waals surface area contributed by atoms with Gasteiger partial charge in [0, 0.05) is 17.3 Å². The molecular weight excluding hydrogens is 316 g/mol. The molecular formula is C12H20N2O3S3. The monoisotopic (exact) mass is 336 g/mol. The van der Waals surface area contributed by atoms with Gasteiger partial charge in [-0.25, -0.2) is 22.3 Å². The highest BCUT2D eigenvalue weighted by Gasteiger charge is 2.43. The van der Waals surface area contributed by atoms with E-state index in [-0.39, 0.29) is 14.6 Å². The fraction of sp³-hybridized carbons (Fsp3) is 0.750. The van der Waals surface area contributed by atoms with Crippen LogP contribution >= 0.6 is 11.3 Å². The largest absolute Gasteiger partial charge is 0.242 e. The second kappa shape index (κ2) is 5.15. The summed E-state index contributed by atoms with van der Waals surface area (Å²) < 4.78 is 38.3. The lowest BCUT2D eigenvalue weighted by atomic mass is 9.77. The van der Waals surface area contributed by atoms with E-state index in [1.54, 1.807) is 6.20 Å². The topological polar surface area (TPSA) is 76.1 Å². The van der Waals surface area contributed by atoms with Crippen molar-refractivity contribution < 1.29 is 12.6 Å². The molecule has 5 nitrogen and oxygen atoms in total. The SMILES string of the molecule is CC(C)(C)S(=O)NC1(c2cnc(S(C)(=O)=O)s2)CCC1. The summed E-state index contributed by atoms with van der Waals surface area (Å²) in [6, 6.07) is 0. The molecule has 1 unspecified atom stereocenters. The van der Waals surface area contributed by atoms with Crippen LogP contribution in [0.15, 0.2) is 10.5 Å². The van der Waals surface area contributed by atoms with Crippen LogP contribution in [0.4, 0.5) is 0 Å². The zero-order valence-corrected chi connectivity index (χ0v) is 14.5. The maximum absolute atomic E-state index is 12.3. The molecule has 0 saturated heterocycles. The highest BCUT2D eigenvalue weighted by molar-refractivity contribution is 7.92. The Labute approximate surface area is 126 Å². The number of nitrogens with one attached hydrogen (secondary N) is 1. The molecule has 1 fully saturated rings. The first-order valence-electron chi connectivity index (χ1n) is 6.41. The van der Waals surface area contributed by atoms with Crippen molar-refractivity contribution in [3.05, 3.63) is 11.1 Å². The minimum atomic E-state index is -3.28. The number of nitrogens with zero attached hydrogens (tertiary/aromatic N) is 1. The molecule has 1 atom stereocenters. The lowest BCUT2D eigenvalue weighted by molar-refractivity contribution is 0.232. The van der Waals surface area contributed by atoms with Crippen LogP contribution in [0.5, 0.6) is 0 Å². The van der Waals surface area contributed by atoms with Gasteiger partial charge in [-0.15, -0.1) is 11.3 Å². The molecule has 8 heteroatoms. The molecule has 0 radical (unpaired) electrons. The lowest BCUT2D eigenvalue weighted by Crippen LogP contribution is -2.51. The van der Waals surface area contributed by atoms with Crippen LogP contribution < -0.4 is 4.72 Å². The Balaban J connectivity index is 2.28. The Morgan fingerprint density at radius 1 is 1.40 bits per heavy atom. The van der Waals surface area contributed by atoms with Gasteiger partial charge in [0.1, 0.15) is 0 Å². The molecule has 1 aliphatic carbocycles. The minimum absolute atomic E-state index is 0.127. The van der Waals surface area contributed by atoms with Crippen molar-refractivity contribution in [3.8, 4) is 0 Å². The van der Waals surface area contributed by atoms with Gasteiger partial charge in [0.05, 0.1) is 21.3 Å². The van der Waals surface area contributed by atoms with Crippen LogP contribution in [0.1, 0.15) is 44.9 Å². The van der Waals surface area contributed by atoms with Crippen LogP contribution in [0.3, 0.4) is 0 Å². The molecule has 0 spiro atoms. The molecule has 0 aromatic carbocycles. The number of hydrogen-bond acceptors (Lipinski definition) is 5. The van der Waals surface area contributed by atoms with Gasteiger partial charge in [-0.2, -0.15) is 0 Å². The lowest BCUT2D eigenvalue weighted by Gasteiger charge is -2.42. The van der Waals surface area contributed by atoms with E-state index in [2.05, 4.69) is 9.71 Å². The standard InChI is InChI=1S/C12H20N2O3S3/c1-11(2,3)19(15)14-12(6-5-7-12)9-8-13-10(18-9)20(4,16)17/h8,14H,5-7H2,1-4H3. The Hall–Kier alpha value is -0.310. The Kier molecular flexibility index (Phi) is 4.14. The Bertz CT molecular complexity index is 625. The third-order valence-electron chi connectivity index (χ3n) is 3.32. The van der Waals surface area contributed by atoms with Crippen LogP contribution in [-0.2, 0) is 26.4 Å². The van der Waals surface area contributed by atoms with Gasteiger partial charge in [0.25, 0.3) is 0 Å². The second-order valence-corrected chi connectivity index (χ2v) is 11.4. The van der Waals surface area contributed by atoms with Crippen molar-refractivity contribution >= 4 is 32.2 Å². The highest BCUT2D eigenvalue weighted by atomic mass is 32.2. The van der Waals surface area contributed by atoms with E-state index < -0.39 is 20.8 Å². The maximum Gasteiger partial charge on any atom is 0.209 e. The number of hydrogen-bond donors (Lipinski definition) is 1. The quantitative estimate of drug-likeness (QED) is 0.912. The second-order valence-electron chi connectivity index (χ2n) is 6.18. The van der Waals surface area contributed by atoms with E-state index in [0.717, 1.165) is 30.4 Å². The first-order valence-corrected chi connectivity index (χ1v) is 10.3. The highest BCUT2D eigenvalue weighted by Crippen LogP contribution is 2.44. The van der Waals surface area contributed by atoms with Crippen LogP contribution in [0, 0.1) is 0 Å². The van der Waals surface area contributed by atoms with Crippen molar-refractivity contribution in [1.82, 2.24) is 9.71 Å². The van der Waals surface area contributed by atoms with Crippen molar-refractivity contribution in [2.24, 2.45) is 0 Å². The fourth-order valence-corrected chi connectivity index (χ4v) is 4.92. The molecule has 0 amide bonds. The Morgan fingerprint density at radius 2 is 2.00 bits per heavy atom. The number of rotatable bonds is 4. The van der Waals surface area contributed by atoms with E-state index in [1.807, 2.05) is 20.8 Å². The average Bonchev–Trinajstić information content (AvgIpc) is 2.70. The summed E-state index contributed by atoms with van der Waals surface area (Å²) in [5, 5.41) is 0. The van der Waals surface area contributed by atoms with Crippen molar-refractivity contribution in [2.45, 2.75) is 54.7 Å². The molecule has 1 N–H and O–H groups in total. The molecule has 0 aliphatic heterocycles. The molecule has 1 aromatic rings. The van der Waals surface area contributed by atoms with E-state index >= 15 is 0 Å². The third kappa shape index (κ3) is 3.13. The van der Waals surface area contributed by atoms with Gasteiger partial charge in [0.2, 0.25) is 14.2 Å². The molecule has 1 saturated carbocycles. The number of thiazole rings is 1. The van der Waals surface area contributed by atoms with Gasteiger partial charge >= 0.3 is 0 Å². The summed E-state index contributed by atoms with van der Waals surface area (Å²) in [4.78, 5) is 4.86. The predicted molar refractivity (Wildman–Crippen MR) is 81.8 cm³/mol. The predicted octanol–water partition coefficient (Wildman–Crippen LogP) is 1.98. The van der Waals surface area contributed by atoms with Gasteiger partial charge in [0.15, 0.2) is 0 Å². The molecule has 2 rings (SSSR count). The van der Waals surface area contributed by atoms with E-state index in [9.17, 15) is 12.6 Å². The van der Waals surface area contributed by atoms with Crippen LogP contribution in [0.25, 0.3) is 0 Å². The first kappa shape index (κ1) is 16.1. The fourth-order valence-electron chi connectivity index (χ4n) is 1.91. The number of sulfone groups is 1. The van der Waals surface area contributed by atoms with E-state index in [4.69, 9.17) is 0 Å². The summed E-state index contributed by atoms with van der Waals surface area (Å²) in [7, 11) is -4.47. The minimum Gasteiger partial charge on any atom is -0.242 e. The summed E-state index contributed by atoms with van der Waals surface area (Å²) in [6.45, 7) is 5.74. The Morgan fingerprint density at radius 3 is 2.35 bits per heavy atom. The van der Waals surface area contributed by atoms with E-state index in [0.29, 0.717) is 0 Å². The summed E-state index contributed by atoms with van der Waals surface area (Å²) in [5.74, 6) is 0. The van der Waals surface area contributed by atoms with Gasteiger partial charge in [-0.3, -0.25) is 0 Å². The third-order valence-corrected chi connectivity index (χ3v) is 7.91. The van der Waals surface area contributed by atoms with Gasteiger partial charge < -0.3 is 0 Å². The van der Waals surface area contributed by atoms with Gasteiger partial charge in [-0.05, 0) is 40.0 Å². The average molecular weight is 337 g/mol. The van der Waals surface area contributed by atoms with Crippen molar-refractivity contribution in [1.29, 1.82) is 0 Å². The van der Waals surface area contributed by atoms with E-state index in [1.165, 1.54) is 11.3 Å². The summed E-state index contributed by atoms with van der Waals surface area (Å²) >= 11 is 1.18. The van der Waals surface area contributed by atoms with Gasteiger partial charge in [-0.1, -0.05) is 0 Å². The molecule has 0 bridgehead atoms. The smallest absolute Gasteiger partial charge is 0.209 e. The van der Waals surface area contributed by atoms with Crippen molar-refractivity contribution in [2.75, 3.05) is 6.26 Å². The summed E-state index contributed by atoms with van der Waals surface area (Å²) in [6.07, 6.45) is 5.53. The van der Waals surface area contributed by atoms with Crippen LogP contribution in [0.2, 0.25) is 0 Å². The molecule has 20 heavy (non-hydrogen) atoms. The molecule has 1 aromatic heterocycles. The van der Waals surface area contributed by atoms with Crippen molar-refractivity contribution in [3.63, 3.8) is 0 Å². The summed E-state index contributed by atoms with van der Waals surface area (Å²) in [5.41, 5.74) is -0.376. The molecule has 114 valence electrons. The normalized spacial score (nSPS) is 20.4.